The Bertz CT molecular complexity index is 314. The molecular formula is C8H11NO2. The fraction of sp³-hybridized carbons (Fsp3) is 0.375. The first-order valence-electron chi connectivity index (χ1n) is 3.42. The SMILES string of the molecule is Cc1cc(CO)cc(=O)n1C. The van der Waals surface area contributed by atoms with Gasteiger partial charge < -0.3 is 9.67 Å². The van der Waals surface area contributed by atoms with Crippen LogP contribution >= 0.6 is 0 Å². The Morgan fingerprint density at radius 3 is 2.64 bits per heavy atom. The van der Waals surface area contributed by atoms with Gasteiger partial charge in [-0.1, -0.05) is 0 Å². The van der Waals surface area contributed by atoms with Crippen LogP contribution in [-0.2, 0) is 13.7 Å². The summed E-state index contributed by atoms with van der Waals surface area (Å²) in [5.41, 5.74) is 1.46. The molecule has 1 aromatic heterocycles. The molecule has 0 atom stereocenters. The molecule has 11 heavy (non-hydrogen) atoms. The van der Waals surface area contributed by atoms with Crippen molar-refractivity contribution in [3.63, 3.8) is 0 Å². The van der Waals surface area contributed by atoms with E-state index in [2.05, 4.69) is 0 Å². The molecule has 0 radical (unpaired) electrons. The van der Waals surface area contributed by atoms with Gasteiger partial charge in [-0.15, -0.1) is 0 Å². The average molecular weight is 153 g/mol. The Labute approximate surface area is 64.9 Å². The van der Waals surface area contributed by atoms with Gasteiger partial charge in [0.2, 0.25) is 0 Å². The Hall–Kier alpha value is -1.09. The molecule has 0 fully saturated rings. The van der Waals surface area contributed by atoms with Crippen molar-refractivity contribution in [3.05, 3.63) is 33.7 Å². The van der Waals surface area contributed by atoms with Gasteiger partial charge in [-0.05, 0) is 18.6 Å². The van der Waals surface area contributed by atoms with E-state index >= 15 is 0 Å². The Kier molecular flexibility index (Phi) is 2.10. The van der Waals surface area contributed by atoms with Gasteiger partial charge in [0.15, 0.2) is 0 Å². The van der Waals surface area contributed by atoms with Crippen LogP contribution in [-0.4, -0.2) is 9.67 Å². The van der Waals surface area contributed by atoms with Crippen LogP contribution in [0.15, 0.2) is 16.9 Å². The summed E-state index contributed by atoms with van der Waals surface area (Å²) in [7, 11) is 1.71. The average Bonchev–Trinajstić information content (AvgIpc) is 1.99. The maximum absolute atomic E-state index is 11.1. The van der Waals surface area contributed by atoms with E-state index in [0.29, 0.717) is 5.56 Å². The predicted octanol–water partition coefficient (Wildman–Crippen LogP) is 0.186. The van der Waals surface area contributed by atoms with E-state index in [1.165, 1.54) is 6.07 Å². The summed E-state index contributed by atoms with van der Waals surface area (Å²) < 4.78 is 1.54. The standard InChI is InChI=1S/C8H11NO2/c1-6-3-7(5-10)4-8(11)9(6)2/h3-4,10H,5H2,1-2H3. The van der Waals surface area contributed by atoms with Crippen LogP contribution in [0.3, 0.4) is 0 Å². The van der Waals surface area contributed by atoms with E-state index in [0.717, 1.165) is 5.69 Å². The molecule has 60 valence electrons. The van der Waals surface area contributed by atoms with Crippen molar-refractivity contribution in [1.82, 2.24) is 4.57 Å². The number of aromatic nitrogens is 1. The van der Waals surface area contributed by atoms with Gasteiger partial charge >= 0.3 is 0 Å². The summed E-state index contributed by atoms with van der Waals surface area (Å²) in [6.07, 6.45) is 0. The van der Waals surface area contributed by atoms with Crippen LogP contribution in [0.4, 0.5) is 0 Å². The molecule has 0 bridgehead atoms. The topological polar surface area (TPSA) is 42.2 Å². The van der Waals surface area contributed by atoms with Crippen LogP contribution in [0.25, 0.3) is 0 Å². The van der Waals surface area contributed by atoms with E-state index < -0.39 is 0 Å². The zero-order valence-electron chi connectivity index (χ0n) is 6.66. The third kappa shape index (κ3) is 1.49. The summed E-state index contributed by atoms with van der Waals surface area (Å²) >= 11 is 0. The van der Waals surface area contributed by atoms with Crippen molar-refractivity contribution in [3.8, 4) is 0 Å². The lowest BCUT2D eigenvalue weighted by Crippen LogP contribution is -2.18. The number of hydrogen-bond acceptors (Lipinski definition) is 2. The summed E-state index contributed by atoms with van der Waals surface area (Å²) in [6.45, 7) is 1.76. The second-order valence-corrected chi connectivity index (χ2v) is 2.56. The summed E-state index contributed by atoms with van der Waals surface area (Å²) in [5, 5.41) is 8.73. The first-order chi connectivity index (χ1) is 5.15. The highest BCUT2D eigenvalue weighted by atomic mass is 16.3. The van der Waals surface area contributed by atoms with E-state index in [9.17, 15) is 4.79 Å². The van der Waals surface area contributed by atoms with Crippen molar-refractivity contribution in [2.24, 2.45) is 7.05 Å². The lowest BCUT2D eigenvalue weighted by atomic mass is 10.2. The molecule has 1 N–H and O–H groups in total. The number of pyridine rings is 1. The van der Waals surface area contributed by atoms with Crippen molar-refractivity contribution < 1.29 is 5.11 Å². The summed E-state index contributed by atoms with van der Waals surface area (Å²) in [4.78, 5) is 11.1. The minimum atomic E-state index is -0.0750. The van der Waals surface area contributed by atoms with E-state index in [1.54, 1.807) is 17.7 Å². The van der Waals surface area contributed by atoms with E-state index in [1.807, 2.05) is 6.92 Å². The highest BCUT2D eigenvalue weighted by molar-refractivity contribution is 5.15. The summed E-state index contributed by atoms with van der Waals surface area (Å²) in [5.74, 6) is 0. The zero-order chi connectivity index (χ0) is 8.43. The molecule has 0 aliphatic heterocycles. The van der Waals surface area contributed by atoms with Crippen LogP contribution < -0.4 is 5.56 Å². The second-order valence-electron chi connectivity index (χ2n) is 2.56. The normalized spacial score (nSPS) is 10.1. The molecule has 0 aliphatic rings. The molecule has 1 rings (SSSR count). The third-order valence-corrected chi connectivity index (χ3v) is 1.75. The van der Waals surface area contributed by atoms with Gasteiger partial charge in [0.05, 0.1) is 6.61 Å². The highest BCUT2D eigenvalue weighted by Crippen LogP contribution is 1.98. The zero-order valence-corrected chi connectivity index (χ0v) is 6.66. The minimum Gasteiger partial charge on any atom is -0.392 e. The van der Waals surface area contributed by atoms with Crippen LogP contribution in [0.1, 0.15) is 11.3 Å². The molecule has 1 heterocycles. The number of aliphatic hydroxyl groups is 1. The fourth-order valence-electron chi connectivity index (χ4n) is 0.927. The number of nitrogens with zero attached hydrogens (tertiary/aromatic N) is 1. The van der Waals surface area contributed by atoms with Gasteiger partial charge in [0, 0.05) is 18.8 Å². The van der Waals surface area contributed by atoms with Crippen LogP contribution in [0.2, 0.25) is 0 Å². The lowest BCUT2D eigenvalue weighted by Gasteiger charge is -2.03. The highest BCUT2D eigenvalue weighted by Gasteiger charge is 1.97. The monoisotopic (exact) mass is 153 g/mol. The number of aliphatic hydroxyl groups excluding tert-OH is 1. The smallest absolute Gasteiger partial charge is 0.250 e. The molecule has 0 unspecified atom stereocenters. The largest absolute Gasteiger partial charge is 0.392 e. The van der Waals surface area contributed by atoms with Gasteiger partial charge in [-0.2, -0.15) is 0 Å². The lowest BCUT2D eigenvalue weighted by molar-refractivity contribution is 0.281. The van der Waals surface area contributed by atoms with Gasteiger partial charge in [-0.25, -0.2) is 0 Å². The van der Waals surface area contributed by atoms with Crippen LogP contribution in [0.5, 0.6) is 0 Å². The van der Waals surface area contributed by atoms with E-state index in [-0.39, 0.29) is 12.2 Å². The van der Waals surface area contributed by atoms with Crippen LogP contribution in [0, 0.1) is 6.92 Å². The molecule has 0 aliphatic carbocycles. The van der Waals surface area contributed by atoms with E-state index in [4.69, 9.17) is 5.11 Å². The Balaban J connectivity index is 3.32. The molecule has 0 saturated heterocycles. The quantitative estimate of drug-likeness (QED) is 0.625. The second kappa shape index (κ2) is 2.88. The predicted molar refractivity (Wildman–Crippen MR) is 42.3 cm³/mol. The molecule has 0 saturated carbocycles. The van der Waals surface area contributed by atoms with Gasteiger partial charge in [0.1, 0.15) is 0 Å². The molecule has 0 spiro atoms. The number of hydrogen-bond donors (Lipinski definition) is 1. The molecule has 3 nitrogen and oxygen atoms in total. The molecule has 1 aromatic rings. The van der Waals surface area contributed by atoms with Crippen molar-refractivity contribution in [1.29, 1.82) is 0 Å². The first-order valence-corrected chi connectivity index (χ1v) is 3.42. The third-order valence-electron chi connectivity index (χ3n) is 1.75. The first kappa shape index (κ1) is 8.01. The molecule has 0 amide bonds. The minimum absolute atomic E-state index is 0.0725. The number of aryl methyl sites for hydroxylation is 1. The van der Waals surface area contributed by atoms with Crippen molar-refractivity contribution >= 4 is 0 Å². The maximum atomic E-state index is 11.1. The van der Waals surface area contributed by atoms with Crippen molar-refractivity contribution in [2.45, 2.75) is 13.5 Å². The fourth-order valence-corrected chi connectivity index (χ4v) is 0.927. The summed E-state index contributed by atoms with van der Waals surface area (Å²) in [6, 6.07) is 3.23. The molecule has 3 heteroatoms. The molecular weight excluding hydrogens is 142 g/mol. The Morgan fingerprint density at radius 2 is 2.18 bits per heavy atom. The van der Waals surface area contributed by atoms with Gasteiger partial charge in [-0.3, -0.25) is 4.79 Å². The van der Waals surface area contributed by atoms with Crippen molar-refractivity contribution in [2.75, 3.05) is 0 Å². The maximum Gasteiger partial charge on any atom is 0.250 e. The molecule has 0 aromatic carbocycles. The Morgan fingerprint density at radius 1 is 1.55 bits per heavy atom. The number of rotatable bonds is 1. The van der Waals surface area contributed by atoms with Gasteiger partial charge in [0.25, 0.3) is 5.56 Å².